The van der Waals surface area contributed by atoms with Crippen LogP contribution in [-0.4, -0.2) is 29.0 Å². The Morgan fingerprint density at radius 3 is 2.44 bits per heavy atom. The molecule has 1 aliphatic heterocycles. The number of amides is 1. The predicted molar refractivity (Wildman–Crippen MR) is 101 cm³/mol. The van der Waals surface area contributed by atoms with Crippen LogP contribution in [0.3, 0.4) is 0 Å². The quantitative estimate of drug-likeness (QED) is 0.918. The molecule has 0 unspecified atom stereocenters. The van der Waals surface area contributed by atoms with Gasteiger partial charge in [0.05, 0.1) is 0 Å². The van der Waals surface area contributed by atoms with Crippen LogP contribution < -0.4 is 10.2 Å². The maximum Gasteiger partial charge on any atom is 0.274 e. The van der Waals surface area contributed by atoms with Gasteiger partial charge in [-0.2, -0.15) is 0 Å². The number of hydrogen-bond acceptors (Lipinski definition) is 4. The second-order valence-corrected chi connectivity index (χ2v) is 6.83. The first-order valence-electron chi connectivity index (χ1n) is 9.02. The fraction of sp³-hybridized carbons (Fsp3) is 0.450. The van der Waals surface area contributed by atoms with E-state index >= 15 is 0 Å². The first-order valence-corrected chi connectivity index (χ1v) is 9.02. The highest BCUT2D eigenvalue weighted by Crippen LogP contribution is 2.20. The average Bonchev–Trinajstić information content (AvgIpc) is 2.87. The van der Waals surface area contributed by atoms with Crippen molar-refractivity contribution in [3.63, 3.8) is 0 Å². The number of hydrogen-bond donors (Lipinski definition) is 1. The van der Waals surface area contributed by atoms with Gasteiger partial charge in [0.2, 0.25) is 0 Å². The molecule has 1 N–H and O–H groups in total. The summed E-state index contributed by atoms with van der Waals surface area (Å²) in [5.74, 6) is 1.31. The third kappa shape index (κ3) is 4.35. The van der Waals surface area contributed by atoms with Gasteiger partial charge in [-0.25, -0.2) is 9.97 Å². The summed E-state index contributed by atoms with van der Waals surface area (Å²) < 4.78 is 0. The highest BCUT2D eigenvalue weighted by molar-refractivity contribution is 6.03. The Morgan fingerprint density at radius 1 is 1.00 bits per heavy atom. The molecule has 2 heterocycles. The molecule has 5 heteroatoms. The van der Waals surface area contributed by atoms with Crippen molar-refractivity contribution in [3.05, 3.63) is 46.9 Å². The van der Waals surface area contributed by atoms with Crippen molar-refractivity contribution < 1.29 is 4.79 Å². The molecule has 1 fully saturated rings. The first-order chi connectivity index (χ1) is 12.0. The summed E-state index contributed by atoms with van der Waals surface area (Å²) in [6.45, 7) is 7.84. The normalized spacial score (nSPS) is 14.9. The van der Waals surface area contributed by atoms with E-state index in [-0.39, 0.29) is 5.91 Å². The molecule has 0 bridgehead atoms. The molecule has 2 aromatic rings. The fourth-order valence-corrected chi connectivity index (χ4v) is 3.19. The molecule has 0 saturated carbocycles. The van der Waals surface area contributed by atoms with Gasteiger partial charge in [-0.1, -0.05) is 25.0 Å². The van der Waals surface area contributed by atoms with E-state index in [2.05, 4.69) is 20.2 Å². The lowest BCUT2D eigenvalue weighted by molar-refractivity contribution is 0.102. The van der Waals surface area contributed by atoms with Crippen molar-refractivity contribution in [2.45, 2.75) is 46.5 Å². The van der Waals surface area contributed by atoms with E-state index in [1.54, 1.807) is 0 Å². The Hall–Kier alpha value is -2.43. The minimum Gasteiger partial charge on any atom is -0.356 e. The van der Waals surface area contributed by atoms with Crippen molar-refractivity contribution in [3.8, 4) is 0 Å². The Bertz CT molecular complexity index is 764. The average molecular weight is 338 g/mol. The minimum absolute atomic E-state index is 0.185. The van der Waals surface area contributed by atoms with Gasteiger partial charge in [0.1, 0.15) is 17.3 Å². The lowest BCUT2D eigenvalue weighted by atomic mass is 10.1. The van der Waals surface area contributed by atoms with E-state index in [9.17, 15) is 4.79 Å². The monoisotopic (exact) mass is 338 g/mol. The summed E-state index contributed by atoms with van der Waals surface area (Å²) in [6, 6.07) is 7.85. The minimum atomic E-state index is -0.185. The Labute approximate surface area is 149 Å². The zero-order valence-corrected chi connectivity index (χ0v) is 15.3. The lowest BCUT2D eigenvalue weighted by Gasteiger charge is -2.22. The van der Waals surface area contributed by atoms with Crippen molar-refractivity contribution in [1.29, 1.82) is 0 Å². The zero-order chi connectivity index (χ0) is 17.8. The maximum absolute atomic E-state index is 12.7. The van der Waals surface area contributed by atoms with Crippen molar-refractivity contribution >= 4 is 17.4 Å². The molecule has 1 saturated heterocycles. The summed E-state index contributed by atoms with van der Waals surface area (Å²) in [7, 11) is 0. The Kier molecular flexibility index (Phi) is 5.31. The van der Waals surface area contributed by atoms with Crippen LogP contribution in [0.15, 0.2) is 24.3 Å². The van der Waals surface area contributed by atoms with Crippen LogP contribution in [0.5, 0.6) is 0 Å². The highest BCUT2D eigenvalue weighted by Gasteiger charge is 2.16. The van der Waals surface area contributed by atoms with Gasteiger partial charge < -0.3 is 10.2 Å². The molecule has 1 aromatic carbocycles. The molecule has 5 nitrogen and oxygen atoms in total. The number of nitrogens with one attached hydrogen (secondary N) is 1. The molecule has 3 rings (SSSR count). The zero-order valence-electron chi connectivity index (χ0n) is 15.3. The third-order valence-electron chi connectivity index (χ3n) is 4.63. The van der Waals surface area contributed by atoms with E-state index in [0.717, 1.165) is 35.7 Å². The van der Waals surface area contributed by atoms with Crippen molar-refractivity contribution in [1.82, 2.24) is 9.97 Å². The summed E-state index contributed by atoms with van der Waals surface area (Å²) in [4.78, 5) is 23.9. The van der Waals surface area contributed by atoms with Crippen LogP contribution in [0.4, 0.5) is 11.5 Å². The van der Waals surface area contributed by atoms with Gasteiger partial charge in [-0.3, -0.25) is 4.79 Å². The summed E-state index contributed by atoms with van der Waals surface area (Å²) in [5, 5.41) is 2.99. The van der Waals surface area contributed by atoms with E-state index in [4.69, 9.17) is 0 Å². The lowest BCUT2D eigenvalue weighted by Crippen LogP contribution is -2.26. The Morgan fingerprint density at radius 2 is 1.72 bits per heavy atom. The summed E-state index contributed by atoms with van der Waals surface area (Å²) >= 11 is 0. The third-order valence-corrected chi connectivity index (χ3v) is 4.63. The van der Waals surface area contributed by atoms with Crippen LogP contribution in [0.1, 0.15) is 53.1 Å². The number of benzene rings is 1. The van der Waals surface area contributed by atoms with Crippen LogP contribution in [0.25, 0.3) is 0 Å². The van der Waals surface area contributed by atoms with Crippen LogP contribution in [0, 0.1) is 20.8 Å². The van der Waals surface area contributed by atoms with Gasteiger partial charge in [0, 0.05) is 24.8 Å². The molecular weight excluding hydrogens is 312 g/mol. The Balaban J connectivity index is 1.83. The number of rotatable bonds is 3. The molecule has 0 atom stereocenters. The maximum atomic E-state index is 12.7. The van der Waals surface area contributed by atoms with Gasteiger partial charge >= 0.3 is 0 Å². The largest absolute Gasteiger partial charge is 0.356 e. The van der Waals surface area contributed by atoms with Crippen molar-refractivity contribution in [2.24, 2.45) is 0 Å². The molecule has 132 valence electrons. The van der Waals surface area contributed by atoms with Crippen LogP contribution in [-0.2, 0) is 0 Å². The van der Waals surface area contributed by atoms with Gasteiger partial charge in [0.15, 0.2) is 0 Å². The van der Waals surface area contributed by atoms with Crippen LogP contribution >= 0.6 is 0 Å². The van der Waals surface area contributed by atoms with Gasteiger partial charge in [0.25, 0.3) is 5.91 Å². The number of nitrogens with zero attached hydrogens (tertiary/aromatic N) is 3. The van der Waals surface area contributed by atoms with E-state index < -0.39 is 0 Å². The molecule has 25 heavy (non-hydrogen) atoms. The molecule has 1 aromatic heterocycles. The van der Waals surface area contributed by atoms with Crippen molar-refractivity contribution in [2.75, 3.05) is 23.3 Å². The molecular formula is C20H26N4O. The second kappa shape index (κ2) is 7.64. The number of aryl methyl sites for hydroxylation is 3. The number of anilines is 2. The molecule has 0 aliphatic carbocycles. The topological polar surface area (TPSA) is 58.1 Å². The standard InChI is InChI=1S/C20H26N4O/c1-14-8-9-15(2)17(12-14)23-20(25)18-13-19(22-16(3)21-18)24-10-6-4-5-7-11-24/h8-9,12-13H,4-7,10-11H2,1-3H3,(H,23,25). The molecule has 0 spiro atoms. The van der Waals surface area contributed by atoms with E-state index in [1.165, 1.54) is 25.7 Å². The van der Waals surface area contributed by atoms with Crippen LogP contribution in [0.2, 0.25) is 0 Å². The molecule has 1 amide bonds. The smallest absolute Gasteiger partial charge is 0.274 e. The van der Waals surface area contributed by atoms with Gasteiger partial charge in [-0.15, -0.1) is 0 Å². The van der Waals surface area contributed by atoms with Gasteiger partial charge in [-0.05, 0) is 50.8 Å². The SMILES string of the molecule is Cc1ccc(C)c(NC(=O)c2cc(N3CCCCCC3)nc(C)n2)c1. The molecule has 0 radical (unpaired) electrons. The summed E-state index contributed by atoms with van der Waals surface area (Å²) in [5.41, 5.74) is 3.41. The van der Waals surface area contributed by atoms with E-state index in [0.29, 0.717) is 11.5 Å². The van der Waals surface area contributed by atoms with E-state index in [1.807, 2.05) is 45.0 Å². The number of carbonyl (C=O) groups excluding carboxylic acids is 1. The fourth-order valence-electron chi connectivity index (χ4n) is 3.19. The number of aromatic nitrogens is 2. The molecule has 1 aliphatic rings. The first kappa shape index (κ1) is 17.4. The highest BCUT2D eigenvalue weighted by atomic mass is 16.1. The summed E-state index contributed by atoms with van der Waals surface area (Å²) in [6.07, 6.45) is 4.88. The second-order valence-electron chi connectivity index (χ2n) is 6.83. The predicted octanol–water partition coefficient (Wildman–Crippen LogP) is 4.03. The number of carbonyl (C=O) groups is 1.